The maximum absolute atomic E-state index is 11.6. The fourth-order valence-electron chi connectivity index (χ4n) is 1.79. The van der Waals surface area contributed by atoms with Crippen molar-refractivity contribution in [2.75, 3.05) is 14.2 Å². The van der Waals surface area contributed by atoms with Crippen molar-refractivity contribution in [3.8, 4) is 0 Å². The molecule has 0 aromatic rings. The third-order valence-corrected chi connectivity index (χ3v) is 2.68. The summed E-state index contributed by atoms with van der Waals surface area (Å²) in [5.41, 5.74) is 0. The molecule has 0 aliphatic heterocycles. The Labute approximate surface area is 107 Å². The van der Waals surface area contributed by atoms with E-state index in [1.165, 1.54) is 21.1 Å². The van der Waals surface area contributed by atoms with Gasteiger partial charge in [0.25, 0.3) is 0 Å². The number of hydrogen-bond acceptors (Lipinski definition) is 5. The van der Waals surface area contributed by atoms with Crippen LogP contribution in [-0.4, -0.2) is 38.1 Å². The van der Waals surface area contributed by atoms with Crippen molar-refractivity contribution < 1.29 is 23.9 Å². The molecule has 0 rings (SSSR count). The van der Waals surface area contributed by atoms with Gasteiger partial charge >= 0.3 is 12.1 Å². The normalized spacial score (nSPS) is 13.3. The summed E-state index contributed by atoms with van der Waals surface area (Å²) < 4.78 is 9.07. The van der Waals surface area contributed by atoms with E-state index in [-0.39, 0.29) is 18.1 Å². The first-order chi connectivity index (χ1) is 8.46. The van der Waals surface area contributed by atoms with E-state index in [2.05, 4.69) is 14.8 Å². The van der Waals surface area contributed by atoms with Gasteiger partial charge in [-0.05, 0) is 19.3 Å². The summed E-state index contributed by atoms with van der Waals surface area (Å²) in [5, 5.41) is 2.46. The summed E-state index contributed by atoms with van der Waals surface area (Å²) in [4.78, 5) is 34.0. The Bertz CT molecular complexity index is 303. The predicted octanol–water partition coefficient (Wildman–Crippen LogP) is 1.28. The fourth-order valence-corrected chi connectivity index (χ4v) is 1.79. The molecule has 0 saturated heterocycles. The quantitative estimate of drug-likeness (QED) is 0.696. The average Bonchev–Trinajstić information content (AvgIpc) is 2.34. The van der Waals surface area contributed by atoms with Gasteiger partial charge in [-0.2, -0.15) is 0 Å². The molecule has 0 radical (unpaired) electrons. The number of methoxy groups -OCH3 is 2. The number of carbonyl (C=O) groups excluding carboxylic acids is 3. The summed E-state index contributed by atoms with van der Waals surface area (Å²) in [7, 11) is 2.52. The molecule has 2 atom stereocenters. The molecule has 6 heteroatoms. The van der Waals surface area contributed by atoms with Gasteiger partial charge in [0.05, 0.1) is 26.7 Å². The number of ether oxygens (including phenoxy) is 2. The van der Waals surface area contributed by atoms with Gasteiger partial charge in [-0.3, -0.25) is 9.59 Å². The van der Waals surface area contributed by atoms with Gasteiger partial charge in [0.1, 0.15) is 0 Å². The fraction of sp³-hybridized carbons (Fsp3) is 0.750. The van der Waals surface area contributed by atoms with Gasteiger partial charge in [-0.15, -0.1) is 0 Å². The minimum atomic E-state index is -0.725. The number of alkyl carbamates (subject to hydrolysis) is 1. The molecular formula is C12H21NO5. The second kappa shape index (κ2) is 8.49. The van der Waals surface area contributed by atoms with Gasteiger partial charge < -0.3 is 14.8 Å². The first-order valence-corrected chi connectivity index (χ1v) is 5.87. The van der Waals surface area contributed by atoms with Crippen LogP contribution in [0.2, 0.25) is 0 Å². The first kappa shape index (κ1) is 16.4. The molecule has 0 aliphatic carbocycles. The van der Waals surface area contributed by atoms with E-state index in [1.807, 2.05) is 6.92 Å². The highest BCUT2D eigenvalue weighted by Crippen LogP contribution is 2.18. The zero-order chi connectivity index (χ0) is 14.1. The Morgan fingerprint density at radius 1 is 1.17 bits per heavy atom. The van der Waals surface area contributed by atoms with E-state index in [9.17, 15) is 14.4 Å². The summed E-state index contributed by atoms with van der Waals surface area (Å²) in [6, 6.07) is -0.725. The first-order valence-electron chi connectivity index (χ1n) is 5.87. The molecule has 0 saturated carbocycles. The lowest BCUT2D eigenvalue weighted by atomic mass is 9.89. The molecule has 2 unspecified atom stereocenters. The lowest BCUT2D eigenvalue weighted by Crippen LogP contribution is -2.45. The predicted molar refractivity (Wildman–Crippen MR) is 65.0 cm³/mol. The van der Waals surface area contributed by atoms with Crippen LogP contribution in [0.3, 0.4) is 0 Å². The molecule has 0 heterocycles. The van der Waals surface area contributed by atoms with Crippen LogP contribution in [0.5, 0.6) is 0 Å². The highest BCUT2D eigenvalue weighted by molar-refractivity contribution is 5.86. The Kier molecular flexibility index (Phi) is 7.74. The van der Waals surface area contributed by atoms with Crippen molar-refractivity contribution >= 4 is 17.8 Å². The zero-order valence-electron chi connectivity index (χ0n) is 11.3. The number of Topliss-reactive ketones (excluding diaryl/α,β-unsaturated/α-hetero) is 1. The molecule has 0 aromatic heterocycles. The lowest BCUT2D eigenvalue weighted by Gasteiger charge is -2.24. The standard InChI is InChI=1S/C12H21NO5/c1-5-6-9(7-10(15)17-3)11(8(2)14)13-12(16)18-4/h9,11H,5-7H2,1-4H3,(H,13,16). The van der Waals surface area contributed by atoms with Crippen LogP contribution >= 0.6 is 0 Å². The van der Waals surface area contributed by atoms with Crippen LogP contribution in [0, 0.1) is 5.92 Å². The van der Waals surface area contributed by atoms with Crippen molar-refractivity contribution in [2.45, 2.75) is 39.2 Å². The zero-order valence-corrected chi connectivity index (χ0v) is 11.3. The van der Waals surface area contributed by atoms with E-state index in [4.69, 9.17) is 0 Å². The largest absolute Gasteiger partial charge is 0.469 e. The smallest absolute Gasteiger partial charge is 0.407 e. The van der Waals surface area contributed by atoms with Crippen molar-refractivity contribution in [3.63, 3.8) is 0 Å². The van der Waals surface area contributed by atoms with Crippen LogP contribution in [-0.2, 0) is 19.1 Å². The van der Waals surface area contributed by atoms with Crippen LogP contribution in [0.1, 0.15) is 33.1 Å². The number of ketones is 1. The van der Waals surface area contributed by atoms with E-state index >= 15 is 0 Å². The SMILES string of the molecule is CCCC(CC(=O)OC)C(NC(=O)OC)C(C)=O. The molecule has 6 nitrogen and oxygen atoms in total. The number of esters is 1. The number of amides is 1. The monoisotopic (exact) mass is 259 g/mol. The van der Waals surface area contributed by atoms with Gasteiger partial charge in [0, 0.05) is 0 Å². The van der Waals surface area contributed by atoms with Gasteiger partial charge in [-0.25, -0.2) is 4.79 Å². The van der Waals surface area contributed by atoms with Crippen LogP contribution in [0.4, 0.5) is 4.79 Å². The Balaban J connectivity index is 4.80. The lowest BCUT2D eigenvalue weighted by molar-refractivity contribution is -0.142. The van der Waals surface area contributed by atoms with Gasteiger partial charge in [0.15, 0.2) is 5.78 Å². The van der Waals surface area contributed by atoms with Crippen LogP contribution in [0.25, 0.3) is 0 Å². The average molecular weight is 259 g/mol. The summed E-state index contributed by atoms with van der Waals surface area (Å²) in [6.45, 7) is 3.32. The molecule has 1 amide bonds. The molecule has 104 valence electrons. The highest BCUT2D eigenvalue weighted by atomic mass is 16.5. The van der Waals surface area contributed by atoms with Crippen molar-refractivity contribution in [1.82, 2.24) is 5.32 Å². The Morgan fingerprint density at radius 2 is 1.78 bits per heavy atom. The van der Waals surface area contributed by atoms with Gasteiger partial charge in [-0.1, -0.05) is 13.3 Å². The van der Waals surface area contributed by atoms with E-state index in [0.717, 1.165) is 6.42 Å². The second-order valence-corrected chi connectivity index (χ2v) is 4.05. The second-order valence-electron chi connectivity index (χ2n) is 4.05. The topological polar surface area (TPSA) is 81.7 Å². The number of rotatable bonds is 7. The van der Waals surface area contributed by atoms with Crippen molar-refractivity contribution in [1.29, 1.82) is 0 Å². The Morgan fingerprint density at radius 3 is 2.17 bits per heavy atom. The van der Waals surface area contributed by atoms with Crippen molar-refractivity contribution in [3.05, 3.63) is 0 Å². The third kappa shape index (κ3) is 5.65. The molecule has 0 spiro atoms. The minimum absolute atomic E-state index is 0.0958. The van der Waals surface area contributed by atoms with Crippen LogP contribution in [0.15, 0.2) is 0 Å². The Hall–Kier alpha value is -1.59. The number of nitrogens with one attached hydrogen (secondary N) is 1. The molecule has 0 bridgehead atoms. The van der Waals surface area contributed by atoms with Crippen LogP contribution < -0.4 is 5.32 Å². The third-order valence-electron chi connectivity index (χ3n) is 2.68. The van der Waals surface area contributed by atoms with E-state index in [0.29, 0.717) is 6.42 Å². The van der Waals surface area contributed by atoms with Crippen molar-refractivity contribution in [2.24, 2.45) is 5.92 Å². The summed E-state index contributed by atoms with van der Waals surface area (Å²) in [5.74, 6) is -0.881. The minimum Gasteiger partial charge on any atom is -0.469 e. The maximum atomic E-state index is 11.6. The summed E-state index contributed by atoms with van der Waals surface area (Å²) >= 11 is 0. The summed E-state index contributed by atoms with van der Waals surface area (Å²) in [6.07, 6.45) is 0.858. The molecule has 0 aliphatic rings. The molecule has 0 aromatic carbocycles. The molecule has 0 fully saturated rings. The van der Waals surface area contributed by atoms with Gasteiger partial charge in [0.2, 0.25) is 0 Å². The van der Waals surface area contributed by atoms with E-state index in [1.54, 1.807) is 0 Å². The molecular weight excluding hydrogens is 238 g/mol. The highest BCUT2D eigenvalue weighted by Gasteiger charge is 2.29. The molecule has 1 N–H and O–H groups in total. The number of hydrogen-bond donors (Lipinski definition) is 1. The number of carbonyl (C=O) groups is 3. The molecule has 18 heavy (non-hydrogen) atoms. The van der Waals surface area contributed by atoms with E-state index < -0.39 is 18.1 Å². The maximum Gasteiger partial charge on any atom is 0.407 e.